The van der Waals surface area contributed by atoms with E-state index in [0.29, 0.717) is 33.7 Å². The number of halogens is 1. The van der Waals surface area contributed by atoms with E-state index >= 15 is 0 Å². The summed E-state index contributed by atoms with van der Waals surface area (Å²) in [5.41, 5.74) is 4.37. The Labute approximate surface area is 252 Å². The normalized spacial score (nSPS) is 12.0. The number of nitrogens with zero attached hydrogens (tertiary/aromatic N) is 3. The number of hydrogen-bond donors (Lipinski definition) is 1. The lowest BCUT2D eigenvalue weighted by Gasteiger charge is -2.37. The van der Waals surface area contributed by atoms with Crippen LogP contribution in [0.2, 0.25) is 0 Å². The first-order valence-corrected chi connectivity index (χ1v) is 15.7. The van der Waals surface area contributed by atoms with Crippen LogP contribution in [-0.4, -0.2) is 29.8 Å². The summed E-state index contributed by atoms with van der Waals surface area (Å²) in [4.78, 5) is 4.91. The quantitative estimate of drug-likeness (QED) is 0.186. The van der Waals surface area contributed by atoms with E-state index in [1.165, 1.54) is 12.1 Å². The van der Waals surface area contributed by atoms with Gasteiger partial charge in [0.25, 0.3) is 0 Å². The van der Waals surface area contributed by atoms with E-state index in [-0.39, 0.29) is 4.90 Å². The van der Waals surface area contributed by atoms with Crippen LogP contribution in [0.15, 0.2) is 131 Å². The highest BCUT2D eigenvalue weighted by atomic mass is 79.9. The highest BCUT2D eigenvalue weighted by molar-refractivity contribution is 9.10. The Morgan fingerprint density at radius 1 is 0.810 bits per heavy atom. The van der Waals surface area contributed by atoms with Gasteiger partial charge in [-0.15, -0.1) is 0 Å². The Bertz CT molecular complexity index is 1880. The number of benzene rings is 4. The van der Waals surface area contributed by atoms with Gasteiger partial charge in [-0.1, -0.05) is 103 Å². The molecule has 0 spiro atoms. The van der Waals surface area contributed by atoms with Crippen molar-refractivity contribution in [2.24, 2.45) is 5.14 Å². The van der Waals surface area contributed by atoms with Crippen LogP contribution < -0.4 is 9.88 Å². The zero-order valence-electron chi connectivity index (χ0n) is 22.7. The minimum absolute atomic E-state index is 0.00900. The van der Waals surface area contributed by atoms with Crippen molar-refractivity contribution in [1.82, 2.24) is 14.8 Å². The first-order valence-electron chi connectivity index (χ1n) is 13.4. The molecule has 0 bridgehead atoms. The summed E-state index contributed by atoms with van der Waals surface area (Å²) in [5, 5.41) is 10.8. The summed E-state index contributed by atoms with van der Waals surface area (Å²) < 4.78 is 33.1. The number of nitrogens with two attached hydrogens (primary N) is 1. The molecule has 2 aromatic heterocycles. The van der Waals surface area contributed by atoms with Gasteiger partial charge in [-0.2, -0.15) is 5.10 Å². The molecule has 0 saturated carbocycles. The van der Waals surface area contributed by atoms with E-state index in [4.69, 9.17) is 20.0 Å². The Kier molecular flexibility index (Phi) is 7.40. The third-order valence-corrected chi connectivity index (χ3v) is 8.66. The van der Waals surface area contributed by atoms with E-state index < -0.39 is 15.6 Å². The van der Waals surface area contributed by atoms with Crippen molar-refractivity contribution >= 4 is 37.0 Å². The van der Waals surface area contributed by atoms with Gasteiger partial charge in [-0.3, -0.25) is 0 Å². The highest BCUT2D eigenvalue weighted by Gasteiger charge is 2.41. The van der Waals surface area contributed by atoms with E-state index in [9.17, 15) is 8.42 Å². The predicted molar refractivity (Wildman–Crippen MR) is 168 cm³/mol. The maximum atomic E-state index is 12.3. The first kappa shape index (κ1) is 27.8. The van der Waals surface area contributed by atoms with E-state index in [0.717, 1.165) is 22.2 Å². The fourth-order valence-corrected chi connectivity index (χ4v) is 6.39. The summed E-state index contributed by atoms with van der Waals surface area (Å²) >= 11 is 3.67. The smallest absolute Gasteiger partial charge is 0.238 e. The fraction of sp³-hybridized carbons (Fsp3) is 0.0909. The summed E-state index contributed by atoms with van der Waals surface area (Å²) in [5.74, 6) is 0.415. The molecule has 0 aliphatic rings. The van der Waals surface area contributed by atoms with Crippen molar-refractivity contribution < 1.29 is 13.2 Å². The molecule has 2 heterocycles. The van der Waals surface area contributed by atoms with Crippen molar-refractivity contribution in [3.05, 3.63) is 142 Å². The van der Waals surface area contributed by atoms with Crippen molar-refractivity contribution in [2.75, 3.05) is 6.61 Å². The molecule has 0 atom stereocenters. The number of sulfonamides is 1. The van der Waals surface area contributed by atoms with E-state index in [2.05, 4.69) is 52.3 Å². The Morgan fingerprint density at radius 3 is 1.86 bits per heavy atom. The second-order valence-corrected chi connectivity index (χ2v) is 12.1. The van der Waals surface area contributed by atoms with Crippen LogP contribution in [0, 0.1) is 0 Å². The van der Waals surface area contributed by atoms with Crippen molar-refractivity contribution in [1.29, 1.82) is 0 Å². The molecule has 210 valence electrons. The monoisotopic (exact) mass is 638 g/mol. The molecule has 42 heavy (non-hydrogen) atoms. The van der Waals surface area contributed by atoms with Crippen LogP contribution in [0.1, 0.15) is 23.6 Å². The third kappa shape index (κ3) is 4.79. The van der Waals surface area contributed by atoms with Gasteiger partial charge in [0.05, 0.1) is 21.5 Å². The lowest BCUT2D eigenvalue weighted by molar-refractivity contribution is 0.326. The van der Waals surface area contributed by atoms with Gasteiger partial charge < -0.3 is 4.74 Å². The van der Waals surface area contributed by atoms with Gasteiger partial charge in [0.15, 0.2) is 0 Å². The largest absolute Gasteiger partial charge is 0.477 e. The molecule has 9 heteroatoms. The minimum Gasteiger partial charge on any atom is -0.477 e. The molecule has 0 aliphatic heterocycles. The van der Waals surface area contributed by atoms with Crippen LogP contribution in [-0.2, 0) is 15.6 Å². The molecule has 2 N–H and O–H groups in total. The number of primary sulfonamides is 1. The van der Waals surface area contributed by atoms with Crippen LogP contribution in [0.25, 0.3) is 22.3 Å². The zero-order valence-corrected chi connectivity index (χ0v) is 25.1. The lowest BCUT2D eigenvalue weighted by Crippen LogP contribution is -2.38. The molecule has 0 amide bonds. The van der Waals surface area contributed by atoms with Crippen molar-refractivity contribution in [2.45, 2.75) is 17.4 Å². The molecule has 6 aromatic rings. The second-order valence-electron chi connectivity index (χ2n) is 9.72. The van der Waals surface area contributed by atoms with Crippen LogP contribution in [0.3, 0.4) is 0 Å². The molecular formula is C33H27BrN4O3S. The van der Waals surface area contributed by atoms with E-state index in [1.807, 2.05) is 72.3 Å². The lowest BCUT2D eigenvalue weighted by atomic mass is 9.77. The molecule has 4 aromatic carbocycles. The van der Waals surface area contributed by atoms with Gasteiger partial charge in [0.1, 0.15) is 16.7 Å². The fourth-order valence-electron chi connectivity index (χ4n) is 5.41. The van der Waals surface area contributed by atoms with Crippen molar-refractivity contribution in [3.8, 4) is 17.1 Å². The molecule has 0 radical (unpaired) electrons. The van der Waals surface area contributed by atoms with Crippen LogP contribution >= 0.6 is 15.9 Å². The molecule has 0 aliphatic carbocycles. The Balaban J connectivity index is 1.80. The molecule has 0 saturated heterocycles. The number of hydrogen-bond acceptors (Lipinski definition) is 5. The number of ether oxygens (including phenoxy) is 1. The van der Waals surface area contributed by atoms with Gasteiger partial charge >= 0.3 is 0 Å². The SMILES string of the molecule is CCOc1nc2c(-c3cccc(S(N)(=O)=O)c3)nn(C(c3ccccc3)(c3ccccc3)c3ccccc3)c2cc1Br. The minimum atomic E-state index is -3.95. The maximum Gasteiger partial charge on any atom is 0.238 e. The summed E-state index contributed by atoms with van der Waals surface area (Å²) in [6.45, 7) is 2.31. The van der Waals surface area contributed by atoms with E-state index in [1.54, 1.807) is 12.1 Å². The van der Waals surface area contributed by atoms with Gasteiger partial charge in [0.2, 0.25) is 15.9 Å². The predicted octanol–water partition coefficient (Wildman–Crippen LogP) is 6.75. The summed E-state index contributed by atoms with van der Waals surface area (Å²) in [6, 6.07) is 39.0. The molecular weight excluding hydrogens is 612 g/mol. The first-order chi connectivity index (χ1) is 20.3. The van der Waals surface area contributed by atoms with Crippen LogP contribution in [0.4, 0.5) is 0 Å². The van der Waals surface area contributed by atoms with Gasteiger partial charge in [-0.05, 0) is 57.7 Å². The highest BCUT2D eigenvalue weighted by Crippen LogP contribution is 2.44. The molecule has 0 unspecified atom stereocenters. The molecule has 6 rings (SSSR count). The Hall–Kier alpha value is -4.31. The average Bonchev–Trinajstić information content (AvgIpc) is 3.37. The van der Waals surface area contributed by atoms with Crippen molar-refractivity contribution in [3.63, 3.8) is 0 Å². The summed E-state index contributed by atoms with van der Waals surface area (Å²) in [7, 11) is -3.95. The molecule has 7 nitrogen and oxygen atoms in total. The molecule has 0 fully saturated rings. The number of aromatic nitrogens is 3. The van der Waals surface area contributed by atoms with Gasteiger partial charge in [0, 0.05) is 5.56 Å². The third-order valence-electron chi connectivity index (χ3n) is 7.19. The van der Waals surface area contributed by atoms with Crippen LogP contribution in [0.5, 0.6) is 5.88 Å². The number of fused-ring (bicyclic) bond motifs is 1. The Morgan fingerprint density at radius 2 is 1.36 bits per heavy atom. The summed E-state index contributed by atoms with van der Waals surface area (Å²) in [6.07, 6.45) is 0. The second kappa shape index (κ2) is 11.2. The maximum absolute atomic E-state index is 12.3. The average molecular weight is 640 g/mol. The zero-order chi connectivity index (χ0) is 29.3. The van der Waals surface area contributed by atoms with Gasteiger partial charge in [-0.25, -0.2) is 23.2 Å². The number of pyridine rings is 1. The number of rotatable bonds is 8. The topological polar surface area (TPSA) is 100 Å². The standard InChI is InChI=1S/C33H27BrN4O3S/c1-2-41-32-28(34)22-29-31(36-32)30(23-13-12-20-27(21-23)42(35,39)40)37-38(29)33(24-14-6-3-7-15-24,25-16-8-4-9-17-25)26-18-10-5-11-19-26/h3-22H,2H2,1H3,(H2,35,39,40).